The van der Waals surface area contributed by atoms with Gasteiger partial charge in [-0.3, -0.25) is 4.79 Å². The van der Waals surface area contributed by atoms with Crippen LogP contribution in [0.3, 0.4) is 0 Å². The summed E-state index contributed by atoms with van der Waals surface area (Å²) in [6, 6.07) is 14.3. The third-order valence-electron chi connectivity index (χ3n) is 7.07. The fraction of sp³-hybridized carbons (Fsp3) is 0.444. The van der Waals surface area contributed by atoms with Gasteiger partial charge in [0.15, 0.2) is 0 Å². The number of nitrogens with zero attached hydrogens (tertiary/aromatic N) is 1. The standard InChI is InChI=1S/C27H32N2O5/c1-4-16(2)24(25(30)29(18-13-14-18)17(3)26(31)32)28-27(33)34-15-23-21-11-7-5-9-19(21)20-10-6-8-12-22(20)23/h5-12,16-18,23-24H,4,13-15H2,1-3H3,(H,28,33)(H,31,32)/t16-,17?,24-/m0/s1. The summed E-state index contributed by atoms with van der Waals surface area (Å²) in [7, 11) is 0. The van der Waals surface area contributed by atoms with E-state index in [1.807, 2.05) is 50.2 Å². The minimum absolute atomic E-state index is 0.0779. The number of carboxylic acid groups (broad SMARTS) is 1. The molecule has 2 N–H and O–H groups in total. The summed E-state index contributed by atoms with van der Waals surface area (Å²) < 4.78 is 5.64. The number of benzene rings is 2. The van der Waals surface area contributed by atoms with E-state index in [2.05, 4.69) is 17.4 Å². The van der Waals surface area contributed by atoms with E-state index in [0.717, 1.165) is 35.1 Å². The summed E-state index contributed by atoms with van der Waals surface area (Å²) >= 11 is 0. The van der Waals surface area contributed by atoms with Gasteiger partial charge in [0.1, 0.15) is 18.7 Å². The third kappa shape index (κ3) is 4.65. The zero-order chi connectivity index (χ0) is 24.4. The van der Waals surface area contributed by atoms with Crippen molar-refractivity contribution in [2.45, 2.75) is 64.1 Å². The van der Waals surface area contributed by atoms with Gasteiger partial charge in [0, 0.05) is 12.0 Å². The van der Waals surface area contributed by atoms with Gasteiger partial charge < -0.3 is 20.1 Å². The molecule has 1 fully saturated rings. The van der Waals surface area contributed by atoms with Crippen LogP contribution in [-0.4, -0.2) is 52.7 Å². The fourth-order valence-corrected chi connectivity index (χ4v) is 4.77. The first kappa shape index (κ1) is 23.8. The lowest BCUT2D eigenvalue weighted by Gasteiger charge is -2.33. The molecule has 3 atom stereocenters. The van der Waals surface area contributed by atoms with Crippen molar-refractivity contribution in [3.8, 4) is 11.1 Å². The molecule has 2 aliphatic carbocycles. The van der Waals surface area contributed by atoms with Gasteiger partial charge in [0.05, 0.1) is 0 Å². The first-order valence-corrected chi connectivity index (χ1v) is 12.0. The Morgan fingerprint density at radius 3 is 2.09 bits per heavy atom. The maximum Gasteiger partial charge on any atom is 0.407 e. The predicted molar refractivity (Wildman–Crippen MR) is 128 cm³/mol. The van der Waals surface area contributed by atoms with Gasteiger partial charge in [-0.2, -0.15) is 0 Å². The van der Waals surface area contributed by atoms with Crippen LogP contribution in [-0.2, 0) is 14.3 Å². The van der Waals surface area contributed by atoms with E-state index in [9.17, 15) is 19.5 Å². The normalized spacial score (nSPS) is 17.1. The molecule has 4 rings (SSSR count). The van der Waals surface area contributed by atoms with Crippen LogP contribution in [0.2, 0.25) is 0 Å². The number of fused-ring (bicyclic) bond motifs is 3. The molecule has 2 amide bonds. The largest absolute Gasteiger partial charge is 0.480 e. The molecule has 0 aromatic heterocycles. The van der Waals surface area contributed by atoms with Crippen LogP contribution in [0.5, 0.6) is 0 Å². The number of aliphatic carboxylic acids is 1. The molecule has 7 nitrogen and oxygen atoms in total. The molecule has 2 aliphatic rings. The smallest absolute Gasteiger partial charge is 0.407 e. The average Bonchev–Trinajstić information content (AvgIpc) is 3.62. The molecule has 0 aliphatic heterocycles. The van der Waals surface area contributed by atoms with Crippen molar-refractivity contribution in [3.63, 3.8) is 0 Å². The molecule has 0 heterocycles. The Morgan fingerprint density at radius 2 is 1.59 bits per heavy atom. The molecule has 2 aromatic rings. The van der Waals surface area contributed by atoms with Crippen LogP contribution in [0.15, 0.2) is 48.5 Å². The number of rotatable bonds is 9. The van der Waals surface area contributed by atoms with E-state index in [1.165, 1.54) is 11.8 Å². The molecule has 0 radical (unpaired) electrons. The molecule has 0 bridgehead atoms. The highest BCUT2D eigenvalue weighted by Gasteiger charge is 2.42. The van der Waals surface area contributed by atoms with Crippen LogP contribution in [0.4, 0.5) is 4.79 Å². The summed E-state index contributed by atoms with van der Waals surface area (Å²) in [6.45, 7) is 5.48. The van der Waals surface area contributed by atoms with E-state index < -0.39 is 24.1 Å². The molecule has 180 valence electrons. The highest BCUT2D eigenvalue weighted by atomic mass is 16.5. The van der Waals surface area contributed by atoms with Crippen LogP contribution >= 0.6 is 0 Å². The van der Waals surface area contributed by atoms with E-state index >= 15 is 0 Å². The lowest BCUT2D eigenvalue weighted by atomic mass is 9.97. The lowest BCUT2D eigenvalue weighted by molar-refractivity contribution is -0.151. The molecule has 34 heavy (non-hydrogen) atoms. The summed E-state index contributed by atoms with van der Waals surface area (Å²) in [4.78, 5) is 39.3. The van der Waals surface area contributed by atoms with Crippen LogP contribution in [0, 0.1) is 5.92 Å². The van der Waals surface area contributed by atoms with E-state index in [-0.39, 0.29) is 30.4 Å². The first-order chi connectivity index (χ1) is 16.3. The Kier molecular flexibility index (Phi) is 6.91. The Morgan fingerprint density at radius 1 is 1.03 bits per heavy atom. The number of amides is 2. The Labute approximate surface area is 200 Å². The third-order valence-corrected chi connectivity index (χ3v) is 7.07. The zero-order valence-corrected chi connectivity index (χ0v) is 19.9. The van der Waals surface area contributed by atoms with Crippen molar-refractivity contribution in [1.29, 1.82) is 0 Å². The topological polar surface area (TPSA) is 95.9 Å². The van der Waals surface area contributed by atoms with E-state index in [1.54, 1.807) is 0 Å². The van der Waals surface area contributed by atoms with Gasteiger partial charge in [-0.25, -0.2) is 9.59 Å². The van der Waals surface area contributed by atoms with Crippen molar-refractivity contribution < 1.29 is 24.2 Å². The number of nitrogens with one attached hydrogen (secondary N) is 1. The van der Waals surface area contributed by atoms with Crippen molar-refractivity contribution in [1.82, 2.24) is 10.2 Å². The predicted octanol–water partition coefficient (Wildman–Crippen LogP) is 4.40. The first-order valence-electron chi connectivity index (χ1n) is 12.0. The van der Waals surface area contributed by atoms with Gasteiger partial charge in [-0.15, -0.1) is 0 Å². The number of hydrogen-bond donors (Lipinski definition) is 2. The van der Waals surface area contributed by atoms with Gasteiger partial charge in [0.25, 0.3) is 0 Å². The number of alkyl carbamates (subject to hydrolysis) is 1. The molecular weight excluding hydrogens is 432 g/mol. The van der Waals surface area contributed by atoms with Gasteiger partial charge in [0.2, 0.25) is 5.91 Å². The minimum Gasteiger partial charge on any atom is -0.480 e. The molecule has 0 saturated heterocycles. The Balaban J connectivity index is 1.47. The summed E-state index contributed by atoms with van der Waals surface area (Å²) in [5.41, 5.74) is 4.51. The van der Waals surface area contributed by atoms with Crippen LogP contribution in [0.1, 0.15) is 57.1 Å². The lowest BCUT2D eigenvalue weighted by Crippen LogP contribution is -2.56. The van der Waals surface area contributed by atoms with Gasteiger partial charge in [-0.05, 0) is 47.9 Å². The highest BCUT2D eigenvalue weighted by Crippen LogP contribution is 2.44. The van der Waals surface area contributed by atoms with Crippen LogP contribution < -0.4 is 5.32 Å². The van der Waals surface area contributed by atoms with Gasteiger partial charge >= 0.3 is 12.1 Å². The number of carbonyl (C=O) groups excluding carboxylic acids is 2. The summed E-state index contributed by atoms with van der Waals surface area (Å²) in [6.07, 6.45) is 1.54. The molecule has 1 unspecified atom stereocenters. The second-order valence-electron chi connectivity index (χ2n) is 9.32. The zero-order valence-electron chi connectivity index (χ0n) is 19.9. The average molecular weight is 465 g/mol. The van der Waals surface area contributed by atoms with Crippen LogP contribution in [0.25, 0.3) is 11.1 Å². The maximum atomic E-state index is 13.4. The number of carboxylic acids is 1. The van der Waals surface area contributed by atoms with Crippen molar-refractivity contribution in [3.05, 3.63) is 59.7 Å². The van der Waals surface area contributed by atoms with Crippen molar-refractivity contribution in [2.75, 3.05) is 6.61 Å². The monoisotopic (exact) mass is 464 g/mol. The molecule has 2 aromatic carbocycles. The highest BCUT2D eigenvalue weighted by molar-refractivity contribution is 5.90. The van der Waals surface area contributed by atoms with Crippen molar-refractivity contribution in [2.24, 2.45) is 5.92 Å². The quantitative estimate of drug-likeness (QED) is 0.573. The number of hydrogen-bond acceptors (Lipinski definition) is 4. The Hall–Kier alpha value is -3.35. The van der Waals surface area contributed by atoms with E-state index in [0.29, 0.717) is 6.42 Å². The SMILES string of the molecule is CC[C@H](C)[C@H](NC(=O)OCC1c2ccccc2-c2ccccc21)C(=O)N(C1CC1)C(C)C(=O)O. The van der Waals surface area contributed by atoms with E-state index in [4.69, 9.17) is 4.74 Å². The minimum atomic E-state index is -1.05. The molecular formula is C27H32N2O5. The number of ether oxygens (including phenoxy) is 1. The maximum absolute atomic E-state index is 13.4. The molecule has 1 saturated carbocycles. The van der Waals surface area contributed by atoms with Crippen molar-refractivity contribution >= 4 is 18.0 Å². The fourth-order valence-electron chi connectivity index (χ4n) is 4.77. The second kappa shape index (κ2) is 9.87. The Bertz CT molecular complexity index is 1030. The summed E-state index contributed by atoms with van der Waals surface area (Å²) in [5, 5.41) is 12.2. The second-order valence-corrected chi connectivity index (χ2v) is 9.32. The summed E-state index contributed by atoms with van der Waals surface area (Å²) in [5.74, 6) is -1.66. The molecule has 0 spiro atoms. The number of carbonyl (C=O) groups is 3. The van der Waals surface area contributed by atoms with Gasteiger partial charge in [-0.1, -0.05) is 68.8 Å². The molecule has 7 heteroatoms.